The molecule has 36 heavy (non-hydrogen) atoms. The fourth-order valence-corrected chi connectivity index (χ4v) is 4.21. The molecular formula is C23H27FN10O2. The van der Waals surface area contributed by atoms with E-state index < -0.39 is 11.7 Å². The predicted octanol–water partition coefficient (Wildman–Crippen LogP) is 2.13. The minimum absolute atomic E-state index is 0.00513. The SMILES string of the molecule is N[C@H]1CC[C@H](Nc2cc(Nc3ccn(CCO)n3)c3ncc(C(=O)Nc4ccncc4F)n3n2)CC1. The van der Waals surface area contributed by atoms with Crippen LogP contribution < -0.4 is 21.7 Å². The van der Waals surface area contributed by atoms with Crippen molar-refractivity contribution in [3.05, 3.63) is 54.5 Å². The number of carbonyl (C=O) groups is 1. The van der Waals surface area contributed by atoms with Crippen LogP contribution in [0.4, 0.5) is 27.4 Å². The molecule has 0 aromatic carbocycles. The van der Waals surface area contributed by atoms with Gasteiger partial charge in [-0.05, 0) is 31.7 Å². The van der Waals surface area contributed by atoms with Crippen molar-refractivity contribution in [1.82, 2.24) is 29.4 Å². The van der Waals surface area contributed by atoms with Gasteiger partial charge in [0.1, 0.15) is 5.82 Å². The van der Waals surface area contributed by atoms with E-state index in [-0.39, 0.29) is 30.1 Å². The molecule has 0 saturated heterocycles. The Morgan fingerprint density at radius 2 is 1.97 bits per heavy atom. The highest BCUT2D eigenvalue weighted by Crippen LogP contribution is 2.27. The van der Waals surface area contributed by atoms with E-state index in [0.717, 1.165) is 31.9 Å². The number of nitrogens with one attached hydrogen (secondary N) is 3. The molecule has 0 aliphatic heterocycles. The van der Waals surface area contributed by atoms with Gasteiger partial charge in [0.05, 0.1) is 36.9 Å². The molecule has 12 nitrogen and oxygen atoms in total. The lowest BCUT2D eigenvalue weighted by atomic mass is 9.92. The first kappa shape index (κ1) is 23.6. The Hall–Kier alpha value is -4.10. The number of amides is 1. The van der Waals surface area contributed by atoms with E-state index in [1.54, 1.807) is 16.9 Å². The van der Waals surface area contributed by atoms with Gasteiger partial charge in [-0.3, -0.25) is 14.5 Å². The van der Waals surface area contributed by atoms with Gasteiger partial charge in [-0.2, -0.15) is 5.10 Å². The lowest BCUT2D eigenvalue weighted by Crippen LogP contribution is -2.33. The number of aliphatic hydroxyl groups is 1. The van der Waals surface area contributed by atoms with Crippen LogP contribution in [0, 0.1) is 5.82 Å². The van der Waals surface area contributed by atoms with Gasteiger partial charge < -0.3 is 26.8 Å². The second-order valence-electron chi connectivity index (χ2n) is 8.70. The second kappa shape index (κ2) is 10.3. The number of pyridine rings is 1. The van der Waals surface area contributed by atoms with Gasteiger partial charge in [0, 0.05) is 36.6 Å². The highest BCUT2D eigenvalue weighted by atomic mass is 19.1. The summed E-state index contributed by atoms with van der Waals surface area (Å²) in [5.74, 6) is -0.133. The summed E-state index contributed by atoms with van der Waals surface area (Å²) in [6.07, 6.45) is 9.21. The normalized spacial score (nSPS) is 17.8. The number of carbonyl (C=O) groups excluding carboxylic acids is 1. The van der Waals surface area contributed by atoms with E-state index >= 15 is 0 Å². The maximum Gasteiger partial charge on any atom is 0.276 e. The predicted molar refractivity (Wildman–Crippen MR) is 132 cm³/mol. The van der Waals surface area contributed by atoms with E-state index in [9.17, 15) is 9.18 Å². The summed E-state index contributed by atoms with van der Waals surface area (Å²) >= 11 is 0. The van der Waals surface area contributed by atoms with Crippen molar-refractivity contribution in [2.24, 2.45) is 5.73 Å². The molecular weight excluding hydrogens is 467 g/mol. The molecule has 4 heterocycles. The van der Waals surface area contributed by atoms with Crippen LogP contribution in [0.1, 0.15) is 36.2 Å². The van der Waals surface area contributed by atoms with Gasteiger partial charge in [0.2, 0.25) is 0 Å². The van der Waals surface area contributed by atoms with E-state index in [0.29, 0.717) is 29.5 Å². The molecule has 5 rings (SSSR count). The lowest BCUT2D eigenvalue weighted by molar-refractivity contribution is 0.102. The standard InChI is InChI=1S/C23H27FN10O2/c24-16-12-26-7-5-17(16)30-23(36)19-13-27-22-18(29-20-6-8-33(31-20)9-10-35)11-21(32-34(19)22)28-15-3-1-14(25)2-4-15/h5-8,11-15,35H,1-4,9-10,25H2,(H,28,32)(H,29,31)(H,26,30,36)/t14-,15-. The molecule has 0 radical (unpaired) electrons. The summed E-state index contributed by atoms with van der Waals surface area (Å²) in [6.45, 7) is 0.333. The maximum absolute atomic E-state index is 14.1. The Morgan fingerprint density at radius 1 is 1.14 bits per heavy atom. The van der Waals surface area contributed by atoms with Gasteiger partial charge in [-0.15, -0.1) is 5.10 Å². The van der Waals surface area contributed by atoms with Crippen molar-refractivity contribution in [2.75, 3.05) is 22.6 Å². The summed E-state index contributed by atoms with van der Waals surface area (Å²) in [6, 6.07) is 5.36. The lowest BCUT2D eigenvalue weighted by Gasteiger charge is -2.27. The van der Waals surface area contributed by atoms with Crippen molar-refractivity contribution in [3.63, 3.8) is 0 Å². The molecule has 0 bridgehead atoms. The molecule has 6 N–H and O–H groups in total. The summed E-state index contributed by atoms with van der Waals surface area (Å²) in [7, 11) is 0. The highest BCUT2D eigenvalue weighted by Gasteiger charge is 2.22. The number of rotatable bonds is 8. The third-order valence-corrected chi connectivity index (χ3v) is 6.08. The van der Waals surface area contributed by atoms with Crippen molar-refractivity contribution in [1.29, 1.82) is 0 Å². The van der Waals surface area contributed by atoms with E-state index in [4.69, 9.17) is 10.8 Å². The van der Waals surface area contributed by atoms with Gasteiger partial charge in [-0.25, -0.2) is 13.9 Å². The van der Waals surface area contributed by atoms with Gasteiger partial charge in [-0.1, -0.05) is 0 Å². The molecule has 4 aromatic rings. The summed E-state index contributed by atoms with van der Waals surface area (Å²) in [5.41, 5.74) is 7.14. The Kier molecular flexibility index (Phi) is 6.73. The fourth-order valence-electron chi connectivity index (χ4n) is 4.21. The number of hydrogen-bond donors (Lipinski definition) is 5. The number of imidazole rings is 1. The highest BCUT2D eigenvalue weighted by molar-refractivity contribution is 6.03. The number of aromatic nitrogens is 6. The van der Waals surface area contributed by atoms with Crippen molar-refractivity contribution in [2.45, 2.75) is 44.3 Å². The molecule has 1 aliphatic carbocycles. The third-order valence-electron chi connectivity index (χ3n) is 6.08. The number of anilines is 4. The maximum atomic E-state index is 14.1. The first-order valence-electron chi connectivity index (χ1n) is 11.7. The molecule has 13 heteroatoms. The molecule has 0 atom stereocenters. The van der Waals surface area contributed by atoms with E-state index in [1.165, 1.54) is 23.0 Å². The van der Waals surface area contributed by atoms with Crippen molar-refractivity contribution < 1.29 is 14.3 Å². The molecule has 1 saturated carbocycles. The zero-order chi connectivity index (χ0) is 25.1. The monoisotopic (exact) mass is 494 g/mol. The number of halogens is 1. The van der Waals surface area contributed by atoms with Crippen molar-refractivity contribution in [3.8, 4) is 0 Å². The van der Waals surface area contributed by atoms with Crippen LogP contribution in [0.3, 0.4) is 0 Å². The van der Waals surface area contributed by atoms with Gasteiger partial charge in [0.15, 0.2) is 23.0 Å². The Labute approximate surface area is 205 Å². The Morgan fingerprint density at radius 3 is 2.75 bits per heavy atom. The molecule has 1 aliphatic rings. The van der Waals surface area contributed by atoms with E-state index in [2.05, 4.69) is 36.1 Å². The Balaban J connectivity index is 1.48. The van der Waals surface area contributed by atoms with Crippen molar-refractivity contribution >= 4 is 34.6 Å². The average Bonchev–Trinajstić information content (AvgIpc) is 3.49. The summed E-state index contributed by atoms with van der Waals surface area (Å²) in [5, 5.41) is 27.4. The zero-order valence-electron chi connectivity index (χ0n) is 19.4. The number of aliphatic hydroxyl groups excluding tert-OH is 1. The number of nitrogens with zero attached hydrogens (tertiary/aromatic N) is 6. The van der Waals surface area contributed by atoms with Crippen LogP contribution >= 0.6 is 0 Å². The van der Waals surface area contributed by atoms with Crippen LogP contribution in [-0.2, 0) is 6.54 Å². The number of hydrogen-bond acceptors (Lipinski definition) is 9. The minimum atomic E-state index is -0.647. The third kappa shape index (κ3) is 5.11. The van der Waals surface area contributed by atoms with Gasteiger partial charge in [0.25, 0.3) is 5.91 Å². The Bertz CT molecular complexity index is 1360. The fraction of sp³-hybridized carbons (Fsp3) is 0.348. The quantitative estimate of drug-likeness (QED) is 0.247. The van der Waals surface area contributed by atoms with Crippen LogP contribution in [-0.4, -0.2) is 59.1 Å². The summed E-state index contributed by atoms with van der Waals surface area (Å²) in [4.78, 5) is 21.1. The van der Waals surface area contributed by atoms with Gasteiger partial charge >= 0.3 is 0 Å². The van der Waals surface area contributed by atoms with Crippen LogP contribution in [0.25, 0.3) is 5.65 Å². The first-order chi connectivity index (χ1) is 17.5. The molecule has 0 spiro atoms. The minimum Gasteiger partial charge on any atom is -0.394 e. The molecule has 188 valence electrons. The molecule has 0 unspecified atom stereocenters. The van der Waals surface area contributed by atoms with Crippen LogP contribution in [0.5, 0.6) is 0 Å². The average molecular weight is 495 g/mol. The summed E-state index contributed by atoms with van der Waals surface area (Å²) < 4.78 is 17.1. The molecule has 1 fully saturated rings. The van der Waals surface area contributed by atoms with Crippen LogP contribution in [0.2, 0.25) is 0 Å². The number of nitrogens with two attached hydrogens (primary N) is 1. The van der Waals surface area contributed by atoms with E-state index in [1.807, 2.05) is 6.07 Å². The largest absolute Gasteiger partial charge is 0.394 e. The second-order valence-corrected chi connectivity index (χ2v) is 8.70. The van der Waals surface area contributed by atoms with Crippen LogP contribution in [0.15, 0.2) is 43.0 Å². The molecule has 4 aromatic heterocycles. The smallest absolute Gasteiger partial charge is 0.276 e. The first-order valence-corrected chi connectivity index (χ1v) is 11.7. The zero-order valence-corrected chi connectivity index (χ0v) is 19.4. The molecule has 1 amide bonds. The number of fused-ring (bicyclic) bond motifs is 1. The topological polar surface area (TPSA) is 160 Å².